The van der Waals surface area contributed by atoms with Crippen LogP contribution in [0, 0.1) is 18.3 Å². The largest absolute Gasteiger partial charge is 0.371 e. The maximum absolute atomic E-state index is 3.60. The van der Waals surface area contributed by atoms with E-state index in [1.807, 2.05) is 0 Å². The number of hydrogen-bond acceptors (Lipinski definition) is 2. The lowest BCUT2D eigenvalue weighted by Gasteiger charge is -2.37. The molecule has 2 atom stereocenters. The van der Waals surface area contributed by atoms with Crippen LogP contribution in [0.5, 0.6) is 0 Å². The fourth-order valence-corrected chi connectivity index (χ4v) is 4.62. The molecule has 1 aromatic rings. The van der Waals surface area contributed by atoms with Crippen molar-refractivity contribution in [1.29, 1.82) is 0 Å². The highest BCUT2D eigenvalue weighted by Crippen LogP contribution is 2.42. The smallest absolute Gasteiger partial charge is 0.0399 e. The zero-order valence-electron chi connectivity index (χ0n) is 14.1. The number of hydrogen-bond donors (Lipinski definition) is 1. The summed E-state index contributed by atoms with van der Waals surface area (Å²) >= 11 is 0. The summed E-state index contributed by atoms with van der Waals surface area (Å²) in [4.78, 5) is 2.65. The number of nitrogens with zero attached hydrogens (tertiary/aromatic N) is 1. The lowest BCUT2D eigenvalue weighted by Crippen LogP contribution is -2.45. The number of aryl methyl sites for hydroxylation is 2. The minimum absolute atomic E-state index is 0.436. The van der Waals surface area contributed by atoms with E-state index in [0.717, 1.165) is 5.92 Å². The van der Waals surface area contributed by atoms with Crippen LogP contribution in [0.2, 0.25) is 0 Å². The molecule has 1 aliphatic heterocycles. The second-order valence-electron chi connectivity index (χ2n) is 7.74. The predicted molar refractivity (Wildman–Crippen MR) is 91.1 cm³/mol. The molecular formula is C19H30N2. The molecule has 1 aromatic carbocycles. The number of nitrogens with one attached hydrogen (secondary N) is 1. The quantitative estimate of drug-likeness (QED) is 0.910. The van der Waals surface area contributed by atoms with Crippen LogP contribution in [-0.2, 0) is 6.42 Å². The lowest BCUT2D eigenvalue weighted by atomic mass is 9.84. The van der Waals surface area contributed by atoms with Gasteiger partial charge in [0, 0.05) is 24.8 Å². The van der Waals surface area contributed by atoms with Crippen molar-refractivity contribution in [2.75, 3.05) is 25.0 Å². The third kappa shape index (κ3) is 2.83. The van der Waals surface area contributed by atoms with Crippen LogP contribution in [0.15, 0.2) is 18.2 Å². The van der Waals surface area contributed by atoms with Gasteiger partial charge in [-0.2, -0.15) is 0 Å². The van der Waals surface area contributed by atoms with Crippen molar-refractivity contribution in [3.63, 3.8) is 0 Å². The van der Waals surface area contributed by atoms with Crippen LogP contribution < -0.4 is 10.2 Å². The third-order valence-corrected chi connectivity index (χ3v) is 5.69. The topological polar surface area (TPSA) is 15.3 Å². The molecule has 0 spiro atoms. The molecule has 2 nitrogen and oxygen atoms in total. The van der Waals surface area contributed by atoms with Crippen molar-refractivity contribution >= 4 is 5.69 Å². The molecule has 0 amide bonds. The Morgan fingerprint density at radius 3 is 2.90 bits per heavy atom. The molecule has 1 saturated carbocycles. The van der Waals surface area contributed by atoms with E-state index < -0.39 is 0 Å². The predicted octanol–water partition coefficient (Wildman–Crippen LogP) is 3.77. The van der Waals surface area contributed by atoms with Gasteiger partial charge in [-0.1, -0.05) is 31.5 Å². The molecule has 2 heteroatoms. The summed E-state index contributed by atoms with van der Waals surface area (Å²) in [6, 6.07) is 7.65. The van der Waals surface area contributed by atoms with Gasteiger partial charge in [-0.15, -0.1) is 0 Å². The first-order chi connectivity index (χ1) is 10.0. The van der Waals surface area contributed by atoms with Crippen molar-refractivity contribution < 1.29 is 0 Å². The van der Waals surface area contributed by atoms with Gasteiger partial charge in [-0.05, 0) is 62.6 Å². The van der Waals surface area contributed by atoms with Crippen molar-refractivity contribution in [2.45, 2.75) is 52.5 Å². The van der Waals surface area contributed by atoms with Gasteiger partial charge in [0.2, 0.25) is 0 Å². The molecule has 0 saturated heterocycles. The Labute approximate surface area is 129 Å². The summed E-state index contributed by atoms with van der Waals surface area (Å²) in [6.07, 6.45) is 5.25. The zero-order valence-corrected chi connectivity index (χ0v) is 14.1. The summed E-state index contributed by atoms with van der Waals surface area (Å²) in [5.74, 6) is 0.775. The van der Waals surface area contributed by atoms with Gasteiger partial charge < -0.3 is 10.2 Å². The molecule has 116 valence electrons. The fourth-order valence-electron chi connectivity index (χ4n) is 4.62. The molecule has 2 aliphatic rings. The molecule has 1 N–H and O–H groups in total. The molecule has 3 rings (SSSR count). The highest BCUT2D eigenvalue weighted by molar-refractivity contribution is 5.56. The molecule has 0 bridgehead atoms. The lowest BCUT2D eigenvalue weighted by molar-refractivity contribution is 0.261. The van der Waals surface area contributed by atoms with E-state index in [1.165, 1.54) is 50.0 Å². The van der Waals surface area contributed by atoms with Gasteiger partial charge in [-0.3, -0.25) is 0 Å². The average molecular weight is 286 g/mol. The van der Waals surface area contributed by atoms with E-state index >= 15 is 0 Å². The first-order valence-electron chi connectivity index (χ1n) is 8.53. The minimum atomic E-state index is 0.436. The van der Waals surface area contributed by atoms with E-state index in [9.17, 15) is 0 Å². The van der Waals surface area contributed by atoms with Gasteiger partial charge in [0.05, 0.1) is 0 Å². The Hall–Kier alpha value is -1.02. The Kier molecular flexibility index (Phi) is 4.00. The third-order valence-electron chi connectivity index (χ3n) is 5.69. The normalized spacial score (nSPS) is 27.7. The Bertz CT molecular complexity index is 506. The Balaban J connectivity index is 1.78. The molecule has 1 aliphatic carbocycles. The van der Waals surface area contributed by atoms with Crippen molar-refractivity contribution in [2.24, 2.45) is 11.3 Å². The summed E-state index contributed by atoms with van der Waals surface area (Å²) in [7, 11) is 2.14. The van der Waals surface area contributed by atoms with E-state index in [-0.39, 0.29) is 0 Å². The SMILES string of the molecule is CNC1C(CN2CCCc3cc(C)ccc32)CCC1(C)C. The first kappa shape index (κ1) is 14.9. The monoisotopic (exact) mass is 286 g/mol. The minimum Gasteiger partial charge on any atom is -0.371 e. The van der Waals surface area contributed by atoms with E-state index in [2.05, 4.69) is 56.2 Å². The first-order valence-corrected chi connectivity index (χ1v) is 8.53. The maximum atomic E-state index is 3.60. The zero-order chi connectivity index (χ0) is 15.0. The highest BCUT2D eigenvalue weighted by atomic mass is 15.1. The molecule has 1 heterocycles. The molecular weight excluding hydrogens is 256 g/mol. The standard InChI is InChI=1S/C19H30N2/c1-14-7-8-17-15(12-14)6-5-11-21(17)13-16-9-10-19(2,3)18(16)20-4/h7-8,12,16,18,20H,5-6,9-11,13H2,1-4H3. The van der Waals surface area contributed by atoms with Crippen LogP contribution in [0.25, 0.3) is 0 Å². The van der Waals surface area contributed by atoms with E-state index in [4.69, 9.17) is 0 Å². The number of fused-ring (bicyclic) bond motifs is 1. The number of anilines is 1. The van der Waals surface area contributed by atoms with Crippen LogP contribution in [0.3, 0.4) is 0 Å². The summed E-state index contributed by atoms with van der Waals surface area (Å²) in [5, 5.41) is 3.60. The van der Waals surface area contributed by atoms with E-state index in [1.54, 1.807) is 5.56 Å². The van der Waals surface area contributed by atoms with Crippen LogP contribution in [0.4, 0.5) is 5.69 Å². The maximum Gasteiger partial charge on any atom is 0.0399 e. The van der Waals surface area contributed by atoms with Gasteiger partial charge in [0.1, 0.15) is 0 Å². The summed E-state index contributed by atoms with van der Waals surface area (Å²) < 4.78 is 0. The van der Waals surface area contributed by atoms with E-state index in [0.29, 0.717) is 11.5 Å². The number of benzene rings is 1. The summed E-state index contributed by atoms with van der Waals surface area (Å²) in [6.45, 7) is 9.48. The molecule has 0 radical (unpaired) electrons. The molecule has 2 unspecified atom stereocenters. The fraction of sp³-hybridized carbons (Fsp3) is 0.684. The second kappa shape index (κ2) is 5.64. The van der Waals surface area contributed by atoms with Gasteiger partial charge in [0.15, 0.2) is 0 Å². The molecule has 0 aromatic heterocycles. The van der Waals surface area contributed by atoms with Gasteiger partial charge >= 0.3 is 0 Å². The second-order valence-corrected chi connectivity index (χ2v) is 7.74. The van der Waals surface area contributed by atoms with Gasteiger partial charge in [-0.25, -0.2) is 0 Å². The Morgan fingerprint density at radius 1 is 1.33 bits per heavy atom. The van der Waals surface area contributed by atoms with Crippen molar-refractivity contribution in [3.8, 4) is 0 Å². The highest BCUT2D eigenvalue weighted by Gasteiger charge is 2.41. The number of rotatable bonds is 3. The van der Waals surface area contributed by atoms with Crippen LogP contribution >= 0.6 is 0 Å². The molecule has 21 heavy (non-hydrogen) atoms. The van der Waals surface area contributed by atoms with Crippen molar-refractivity contribution in [3.05, 3.63) is 29.3 Å². The molecule has 1 fully saturated rings. The Morgan fingerprint density at radius 2 is 2.14 bits per heavy atom. The van der Waals surface area contributed by atoms with Crippen LogP contribution in [-0.4, -0.2) is 26.2 Å². The summed E-state index contributed by atoms with van der Waals surface area (Å²) in [5.41, 5.74) is 4.88. The van der Waals surface area contributed by atoms with Crippen molar-refractivity contribution in [1.82, 2.24) is 5.32 Å². The van der Waals surface area contributed by atoms with Crippen LogP contribution in [0.1, 0.15) is 44.2 Å². The van der Waals surface area contributed by atoms with Gasteiger partial charge in [0.25, 0.3) is 0 Å². The average Bonchev–Trinajstić information content (AvgIpc) is 2.73.